The Morgan fingerprint density at radius 1 is 1.43 bits per heavy atom. The van der Waals surface area contributed by atoms with Crippen LogP contribution >= 0.6 is 0 Å². The predicted molar refractivity (Wildman–Crippen MR) is 76.0 cm³/mol. The largest absolute Gasteiger partial charge is 0.465 e. The van der Waals surface area contributed by atoms with Crippen LogP contribution in [0.1, 0.15) is 32.4 Å². The number of carbonyl (C=O) groups is 2. The molecule has 0 radical (unpaired) electrons. The van der Waals surface area contributed by atoms with E-state index in [2.05, 4.69) is 4.74 Å². The Hall–Kier alpha value is -2.50. The molecule has 0 N–H and O–H groups in total. The predicted octanol–water partition coefficient (Wildman–Crippen LogP) is 1.99. The lowest BCUT2D eigenvalue weighted by atomic mass is 10.2. The SMILES string of the molecule is COC(=O)c1cc(CN(C)C(=O)c2cccn2C)oc1C. The van der Waals surface area contributed by atoms with E-state index in [0.29, 0.717) is 22.8 Å². The molecule has 0 unspecified atom stereocenters. The van der Waals surface area contributed by atoms with Crippen LogP contribution in [0.2, 0.25) is 0 Å². The summed E-state index contributed by atoms with van der Waals surface area (Å²) in [6.07, 6.45) is 1.81. The highest BCUT2D eigenvalue weighted by Gasteiger charge is 2.19. The number of aryl methyl sites for hydroxylation is 2. The summed E-state index contributed by atoms with van der Waals surface area (Å²) in [5.74, 6) is 0.463. The highest BCUT2D eigenvalue weighted by Crippen LogP contribution is 2.17. The molecule has 2 aromatic rings. The minimum atomic E-state index is -0.445. The molecule has 0 aromatic carbocycles. The molecule has 2 rings (SSSR count). The normalized spacial score (nSPS) is 10.5. The molecule has 0 saturated carbocycles. The average molecular weight is 290 g/mol. The molecule has 2 aromatic heterocycles. The van der Waals surface area contributed by atoms with Crippen LogP contribution in [0, 0.1) is 6.92 Å². The number of hydrogen-bond donors (Lipinski definition) is 0. The second-order valence-corrected chi connectivity index (χ2v) is 4.84. The molecule has 1 amide bonds. The second-order valence-electron chi connectivity index (χ2n) is 4.84. The van der Waals surface area contributed by atoms with Gasteiger partial charge in [-0.1, -0.05) is 0 Å². The van der Waals surface area contributed by atoms with Crippen LogP contribution in [0.4, 0.5) is 0 Å². The number of furan rings is 1. The van der Waals surface area contributed by atoms with Gasteiger partial charge in [0, 0.05) is 20.3 Å². The third-order valence-electron chi connectivity index (χ3n) is 3.28. The van der Waals surface area contributed by atoms with E-state index in [1.807, 2.05) is 19.3 Å². The van der Waals surface area contributed by atoms with Crippen molar-refractivity contribution in [1.82, 2.24) is 9.47 Å². The maximum Gasteiger partial charge on any atom is 0.341 e. The quantitative estimate of drug-likeness (QED) is 0.808. The maximum absolute atomic E-state index is 12.3. The third kappa shape index (κ3) is 2.99. The van der Waals surface area contributed by atoms with Crippen molar-refractivity contribution in [3.63, 3.8) is 0 Å². The topological polar surface area (TPSA) is 64.7 Å². The fourth-order valence-electron chi connectivity index (χ4n) is 2.12. The molecule has 6 nitrogen and oxygen atoms in total. The van der Waals surface area contributed by atoms with Gasteiger partial charge in [-0.3, -0.25) is 4.79 Å². The van der Waals surface area contributed by atoms with E-state index in [9.17, 15) is 9.59 Å². The number of carbonyl (C=O) groups excluding carboxylic acids is 2. The van der Waals surface area contributed by atoms with Crippen LogP contribution in [0.3, 0.4) is 0 Å². The number of methoxy groups -OCH3 is 1. The molecular weight excluding hydrogens is 272 g/mol. The van der Waals surface area contributed by atoms with Gasteiger partial charge in [0.1, 0.15) is 22.8 Å². The molecule has 0 fully saturated rings. The lowest BCUT2D eigenvalue weighted by Crippen LogP contribution is -2.27. The van der Waals surface area contributed by atoms with Gasteiger partial charge in [0.05, 0.1) is 13.7 Å². The van der Waals surface area contributed by atoms with Crippen LogP contribution in [0.15, 0.2) is 28.8 Å². The summed E-state index contributed by atoms with van der Waals surface area (Å²) in [5.41, 5.74) is 0.973. The molecule has 0 bridgehead atoms. The molecule has 112 valence electrons. The van der Waals surface area contributed by atoms with Crippen molar-refractivity contribution in [3.8, 4) is 0 Å². The number of esters is 1. The summed E-state index contributed by atoms with van der Waals surface area (Å²) in [4.78, 5) is 25.4. The van der Waals surface area contributed by atoms with Crippen molar-refractivity contribution in [2.24, 2.45) is 7.05 Å². The summed E-state index contributed by atoms with van der Waals surface area (Å²) in [6.45, 7) is 1.97. The van der Waals surface area contributed by atoms with Crippen molar-refractivity contribution in [2.75, 3.05) is 14.2 Å². The Morgan fingerprint density at radius 2 is 2.14 bits per heavy atom. The third-order valence-corrected chi connectivity index (χ3v) is 3.28. The first kappa shape index (κ1) is 14.9. The van der Waals surface area contributed by atoms with Crippen molar-refractivity contribution in [1.29, 1.82) is 0 Å². The van der Waals surface area contributed by atoms with E-state index in [1.165, 1.54) is 12.0 Å². The highest BCUT2D eigenvalue weighted by atomic mass is 16.5. The molecule has 0 aliphatic heterocycles. The molecule has 0 saturated heterocycles. The fourth-order valence-corrected chi connectivity index (χ4v) is 2.12. The average Bonchev–Trinajstić information content (AvgIpc) is 3.03. The first-order valence-electron chi connectivity index (χ1n) is 6.48. The highest BCUT2D eigenvalue weighted by molar-refractivity contribution is 5.92. The molecule has 0 aliphatic carbocycles. The zero-order valence-corrected chi connectivity index (χ0v) is 12.5. The monoisotopic (exact) mass is 290 g/mol. The molecule has 2 heterocycles. The van der Waals surface area contributed by atoms with Crippen molar-refractivity contribution in [2.45, 2.75) is 13.5 Å². The van der Waals surface area contributed by atoms with Gasteiger partial charge in [0.15, 0.2) is 0 Å². The Morgan fingerprint density at radius 3 is 2.71 bits per heavy atom. The maximum atomic E-state index is 12.3. The minimum Gasteiger partial charge on any atom is -0.465 e. The van der Waals surface area contributed by atoms with E-state index in [4.69, 9.17) is 4.42 Å². The van der Waals surface area contributed by atoms with E-state index in [0.717, 1.165) is 0 Å². The van der Waals surface area contributed by atoms with Crippen LogP contribution in [-0.2, 0) is 18.3 Å². The van der Waals surface area contributed by atoms with Gasteiger partial charge in [-0.15, -0.1) is 0 Å². The Kier molecular flexibility index (Phi) is 4.16. The van der Waals surface area contributed by atoms with Gasteiger partial charge in [-0.05, 0) is 25.1 Å². The van der Waals surface area contributed by atoms with Gasteiger partial charge in [-0.2, -0.15) is 0 Å². The van der Waals surface area contributed by atoms with Crippen LogP contribution in [-0.4, -0.2) is 35.5 Å². The number of ether oxygens (including phenoxy) is 1. The molecule has 6 heteroatoms. The summed E-state index contributed by atoms with van der Waals surface area (Å²) in [5, 5.41) is 0. The molecular formula is C15H18N2O4. The summed E-state index contributed by atoms with van der Waals surface area (Å²) < 4.78 is 11.9. The van der Waals surface area contributed by atoms with Gasteiger partial charge in [0.25, 0.3) is 5.91 Å². The fraction of sp³-hybridized carbons (Fsp3) is 0.333. The minimum absolute atomic E-state index is 0.115. The number of aromatic nitrogens is 1. The van der Waals surface area contributed by atoms with Gasteiger partial charge in [-0.25, -0.2) is 4.79 Å². The molecule has 0 aliphatic rings. The van der Waals surface area contributed by atoms with Crippen molar-refractivity contribution < 1.29 is 18.7 Å². The standard InChI is InChI=1S/C15H18N2O4/c1-10-12(15(19)20-4)8-11(21-10)9-17(3)14(18)13-6-5-7-16(13)2/h5-8H,9H2,1-4H3. The summed E-state index contributed by atoms with van der Waals surface area (Å²) in [7, 11) is 4.82. The second kappa shape index (κ2) is 5.87. The zero-order chi connectivity index (χ0) is 15.6. The Balaban J connectivity index is 2.13. The van der Waals surface area contributed by atoms with Gasteiger partial charge < -0.3 is 18.6 Å². The smallest absolute Gasteiger partial charge is 0.341 e. The first-order chi connectivity index (χ1) is 9.93. The van der Waals surface area contributed by atoms with E-state index in [-0.39, 0.29) is 12.5 Å². The van der Waals surface area contributed by atoms with E-state index < -0.39 is 5.97 Å². The summed E-state index contributed by atoms with van der Waals surface area (Å²) >= 11 is 0. The number of amides is 1. The van der Waals surface area contributed by atoms with Crippen molar-refractivity contribution in [3.05, 3.63) is 47.2 Å². The molecule has 0 spiro atoms. The number of nitrogens with zero attached hydrogens (tertiary/aromatic N) is 2. The Bertz CT molecular complexity index is 669. The zero-order valence-electron chi connectivity index (χ0n) is 12.5. The van der Waals surface area contributed by atoms with Crippen LogP contribution in [0.5, 0.6) is 0 Å². The van der Waals surface area contributed by atoms with Crippen LogP contribution < -0.4 is 0 Å². The molecule has 0 atom stereocenters. The van der Waals surface area contributed by atoms with E-state index in [1.54, 1.807) is 30.7 Å². The molecule has 21 heavy (non-hydrogen) atoms. The first-order valence-corrected chi connectivity index (χ1v) is 6.48. The Labute approximate surface area is 122 Å². The van der Waals surface area contributed by atoms with Gasteiger partial charge >= 0.3 is 5.97 Å². The van der Waals surface area contributed by atoms with Crippen LogP contribution in [0.25, 0.3) is 0 Å². The lowest BCUT2D eigenvalue weighted by molar-refractivity contribution is 0.0598. The van der Waals surface area contributed by atoms with Gasteiger partial charge in [0.2, 0.25) is 0 Å². The lowest BCUT2D eigenvalue weighted by Gasteiger charge is -2.16. The summed E-state index contributed by atoms with van der Waals surface area (Å²) in [6, 6.07) is 5.18. The number of rotatable bonds is 4. The number of hydrogen-bond acceptors (Lipinski definition) is 4. The van der Waals surface area contributed by atoms with Crippen molar-refractivity contribution >= 4 is 11.9 Å². The van der Waals surface area contributed by atoms with E-state index >= 15 is 0 Å².